The van der Waals surface area contributed by atoms with E-state index in [1.165, 1.54) is 0 Å². The van der Waals surface area contributed by atoms with Crippen molar-refractivity contribution in [1.29, 1.82) is 0 Å². The van der Waals surface area contributed by atoms with E-state index >= 15 is 0 Å². The molecule has 0 unspecified atom stereocenters. The number of aromatic nitrogens is 8. The number of carbonyl (C=O) groups is 2. The van der Waals surface area contributed by atoms with Crippen LogP contribution in [0.1, 0.15) is 63.8 Å². The first-order chi connectivity index (χ1) is 28.7. The van der Waals surface area contributed by atoms with Crippen LogP contribution in [-0.4, -0.2) is 69.1 Å². The van der Waals surface area contributed by atoms with E-state index in [1.54, 1.807) is 52.7 Å². The fourth-order valence-corrected chi connectivity index (χ4v) is 5.35. The third-order valence-electron chi connectivity index (χ3n) is 7.89. The summed E-state index contributed by atoms with van der Waals surface area (Å²) in [4.78, 5) is 40.5. The van der Waals surface area contributed by atoms with Gasteiger partial charge in [-0.3, -0.25) is 9.36 Å². The second kappa shape index (κ2) is 23.0. The minimum Gasteiger partial charge on any atom is -0.444 e. The van der Waals surface area contributed by atoms with Gasteiger partial charge in [-0.1, -0.05) is 24.3 Å². The zero-order valence-electron chi connectivity index (χ0n) is 36.6. The Balaban J connectivity index is 0.000000275. The predicted molar refractivity (Wildman–Crippen MR) is 245 cm³/mol. The fourth-order valence-electron chi connectivity index (χ4n) is 5.20. The summed E-state index contributed by atoms with van der Waals surface area (Å²) in [5, 5.41) is 16.8. The van der Waals surface area contributed by atoms with Gasteiger partial charge in [-0.2, -0.15) is 22.8 Å². The number of nitrogens with two attached hydrogens (primary N) is 1. The van der Waals surface area contributed by atoms with Crippen LogP contribution in [0.2, 0.25) is 5.28 Å². The van der Waals surface area contributed by atoms with Crippen molar-refractivity contribution in [3.8, 4) is 22.5 Å². The standard InChI is InChI=1S/C21H26N6O2.C17H20ClN3O2.C4H7N3.CH4S/c1-14-10-15(6-7-16(14)11-23-20(28)29-21(2,3)4)18-8-9-22-19(26-18)25-17-12-24-27(5)13-17;1-11-9-12(14-7-8-19-15(18)21-14)5-6-13(11)10-20-16(22)23-17(2,3)4;1-7-3-4(5)2-6-7;1-2/h6-10,12-13H,11H2,1-5H3,(H,23,28)(H,22,25,26);5-9H,10H2,1-4H3,(H,20,22);2-3H,5H2,1H3;2H,1H3. The largest absolute Gasteiger partial charge is 0.444 e. The Morgan fingerprint density at radius 1 is 0.721 bits per heavy atom. The summed E-state index contributed by atoms with van der Waals surface area (Å²) in [6, 6.07) is 15.6. The molecular formula is C43H57ClN12O4S. The van der Waals surface area contributed by atoms with Crippen molar-refractivity contribution in [2.45, 2.75) is 79.7 Å². The molecule has 2 aromatic carbocycles. The summed E-state index contributed by atoms with van der Waals surface area (Å²) in [7, 11) is 3.68. The molecule has 0 spiro atoms. The molecule has 326 valence electrons. The highest BCUT2D eigenvalue weighted by molar-refractivity contribution is 7.79. The van der Waals surface area contributed by atoms with E-state index in [4.69, 9.17) is 26.8 Å². The molecule has 0 aliphatic rings. The second-order valence-electron chi connectivity index (χ2n) is 15.4. The Morgan fingerprint density at radius 3 is 1.59 bits per heavy atom. The Labute approximate surface area is 368 Å². The van der Waals surface area contributed by atoms with Gasteiger partial charge < -0.3 is 31.2 Å². The number of rotatable bonds is 8. The van der Waals surface area contributed by atoms with Crippen LogP contribution in [0.4, 0.5) is 26.9 Å². The summed E-state index contributed by atoms with van der Waals surface area (Å²) < 4.78 is 13.9. The monoisotopic (exact) mass is 872 g/mol. The topological polar surface area (TPSA) is 202 Å². The SMILES string of the molecule is CS.Cc1cc(-c2ccnc(Cl)n2)ccc1CNC(=O)OC(C)(C)C.Cc1cc(-c2ccnc(Nc3cnn(C)c3)n2)ccc1CNC(=O)OC(C)(C)C.Cn1cc(N)cn1. The fraction of sp³-hybridized carbons (Fsp3) is 0.349. The van der Waals surface area contributed by atoms with E-state index in [9.17, 15) is 9.59 Å². The number of nitrogens with one attached hydrogen (secondary N) is 3. The molecule has 61 heavy (non-hydrogen) atoms. The van der Waals surface area contributed by atoms with Crippen molar-refractivity contribution in [1.82, 2.24) is 50.1 Å². The van der Waals surface area contributed by atoms with Gasteiger partial charge in [0.15, 0.2) is 0 Å². The maximum absolute atomic E-state index is 11.9. The van der Waals surface area contributed by atoms with E-state index < -0.39 is 23.4 Å². The Bertz CT molecular complexity index is 2320. The van der Waals surface area contributed by atoms with Crippen LogP contribution in [0.15, 0.2) is 85.7 Å². The molecule has 0 saturated heterocycles. The van der Waals surface area contributed by atoms with Crippen LogP contribution in [0.5, 0.6) is 0 Å². The Hall–Kier alpha value is -6.20. The third-order valence-corrected chi connectivity index (χ3v) is 8.07. The Kier molecular flexibility index (Phi) is 18.5. The van der Waals surface area contributed by atoms with Gasteiger partial charge in [0.05, 0.1) is 35.2 Å². The first kappa shape index (κ1) is 49.2. The highest BCUT2D eigenvalue weighted by atomic mass is 35.5. The predicted octanol–water partition coefficient (Wildman–Crippen LogP) is 8.63. The number of ether oxygens (including phenoxy) is 2. The molecule has 6 aromatic rings. The number of hydrogen-bond donors (Lipinski definition) is 5. The highest BCUT2D eigenvalue weighted by Gasteiger charge is 2.17. The van der Waals surface area contributed by atoms with Gasteiger partial charge in [0.25, 0.3) is 0 Å². The maximum atomic E-state index is 11.9. The number of anilines is 3. The number of nitrogens with zero attached hydrogens (tertiary/aromatic N) is 8. The Morgan fingerprint density at radius 2 is 1.20 bits per heavy atom. The molecular weight excluding hydrogens is 816 g/mol. The molecule has 5 N–H and O–H groups in total. The van der Waals surface area contributed by atoms with Crippen molar-refractivity contribution < 1.29 is 19.1 Å². The molecule has 0 aliphatic heterocycles. The van der Waals surface area contributed by atoms with Crippen LogP contribution >= 0.6 is 24.2 Å². The van der Waals surface area contributed by atoms with Gasteiger partial charge in [0.1, 0.15) is 11.2 Å². The molecule has 0 atom stereocenters. The summed E-state index contributed by atoms with van der Waals surface area (Å²) in [5.74, 6) is 0.504. The zero-order valence-corrected chi connectivity index (χ0v) is 38.3. The average molecular weight is 874 g/mol. The van der Waals surface area contributed by atoms with E-state index in [0.717, 1.165) is 50.5 Å². The minimum absolute atomic E-state index is 0.218. The first-order valence-electron chi connectivity index (χ1n) is 19.1. The minimum atomic E-state index is -0.516. The lowest BCUT2D eigenvalue weighted by atomic mass is 10.0. The van der Waals surface area contributed by atoms with Gasteiger partial charge in [0.2, 0.25) is 11.2 Å². The van der Waals surface area contributed by atoms with Crippen LogP contribution < -0.4 is 21.7 Å². The normalized spacial score (nSPS) is 10.7. The van der Waals surface area contributed by atoms with Crippen molar-refractivity contribution in [2.75, 3.05) is 17.3 Å². The maximum Gasteiger partial charge on any atom is 0.407 e. The van der Waals surface area contributed by atoms with Gasteiger partial charge in [-0.25, -0.2) is 29.5 Å². The van der Waals surface area contributed by atoms with E-state index in [0.29, 0.717) is 24.7 Å². The molecule has 0 saturated carbocycles. The van der Waals surface area contributed by atoms with Gasteiger partial charge in [0, 0.05) is 63.1 Å². The van der Waals surface area contributed by atoms with Crippen LogP contribution in [0, 0.1) is 13.8 Å². The van der Waals surface area contributed by atoms with Crippen LogP contribution in [0.25, 0.3) is 22.5 Å². The number of carbonyl (C=O) groups excluding carboxylic acids is 2. The molecule has 2 amide bonds. The number of thiol groups is 1. The molecule has 0 bridgehead atoms. The van der Waals surface area contributed by atoms with Gasteiger partial charge in [-0.15, -0.1) is 0 Å². The first-order valence-corrected chi connectivity index (χ1v) is 20.4. The number of hydrogen-bond acceptors (Lipinski definition) is 13. The number of nitrogen functional groups attached to an aromatic ring is 1. The van der Waals surface area contributed by atoms with Crippen molar-refractivity contribution in [3.05, 3.63) is 113 Å². The van der Waals surface area contributed by atoms with E-state index in [2.05, 4.69) is 58.7 Å². The molecule has 16 nitrogen and oxygen atoms in total. The molecule has 0 fully saturated rings. The number of alkyl carbamates (subject to hydrolysis) is 2. The quantitative estimate of drug-likeness (QED) is 0.0721. The smallest absolute Gasteiger partial charge is 0.407 e. The van der Waals surface area contributed by atoms with Crippen LogP contribution in [-0.2, 0) is 36.7 Å². The molecule has 18 heteroatoms. The molecule has 6 rings (SSSR count). The van der Waals surface area contributed by atoms with Gasteiger partial charge >= 0.3 is 12.2 Å². The van der Waals surface area contributed by atoms with Crippen molar-refractivity contribution in [3.63, 3.8) is 0 Å². The third kappa shape index (κ3) is 17.9. The highest BCUT2D eigenvalue weighted by Crippen LogP contribution is 2.24. The number of amides is 2. The lowest BCUT2D eigenvalue weighted by Gasteiger charge is -2.20. The van der Waals surface area contributed by atoms with Crippen molar-refractivity contribution >= 4 is 53.7 Å². The summed E-state index contributed by atoms with van der Waals surface area (Å²) in [6.07, 6.45) is 11.1. The average Bonchev–Trinajstić information content (AvgIpc) is 3.78. The lowest BCUT2D eigenvalue weighted by molar-refractivity contribution is 0.0512. The molecule has 0 aliphatic carbocycles. The number of benzene rings is 2. The van der Waals surface area contributed by atoms with E-state index in [-0.39, 0.29) is 5.28 Å². The number of aryl methyl sites for hydroxylation is 4. The summed E-state index contributed by atoms with van der Waals surface area (Å²) >= 11 is 9.35. The van der Waals surface area contributed by atoms with E-state index in [1.807, 2.05) is 118 Å². The van der Waals surface area contributed by atoms with Crippen LogP contribution in [0.3, 0.4) is 0 Å². The zero-order chi connectivity index (χ0) is 45.3. The van der Waals surface area contributed by atoms with Crippen molar-refractivity contribution in [2.24, 2.45) is 14.1 Å². The summed E-state index contributed by atoms with van der Waals surface area (Å²) in [5.41, 5.74) is 13.4. The number of halogens is 1. The molecule has 4 heterocycles. The summed E-state index contributed by atoms with van der Waals surface area (Å²) in [6.45, 7) is 15.8. The van der Waals surface area contributed by atoms with Gasteiger partial charge in [-0.05, 0) is 120 Å². The molecule has 4 aromatic heterocycles. The lowest BCUT2D eigenvalue weighted by Crippen LogP contribution is -2.32. The second-order valence-corrected chi connectivity index (χ2v) is 15.8. The molecule has 0 radical (unpaired) electrons.